The molecule has 0 bridgehead atoms. The molecule has 0 atom stereocenters. The molecule has 0 spiro atoms. The first kappa shape index (κ1) is 23.3. The average Bonchev–Trinajstić information content (AvgIpc) is 2.78. The monoisotopic (exact) mass is 418 g/mol. The van der Waals surface area contributed by atoms with Gasteiger partial charge in [-0.3, -0.25) is 0 Å². The van der Waals surface area contributed by atoms with Crippen molar-refractivity contribution < 1.29 is 13.5 Å². The quantitative estimate of drug-likeness (QED) is 0.365. The molecule has 1 aromatic carbocycles. The molecule has 2 aliphatic carbocycles. The lowest BCUT2D eigenvalue weighted by atomic mass is 9.68. The molecular formula is C27H40F2O. The molecule has 0 amide bonds. The number of hydrogen-bond acceptors (Lipinski definition) is 1. The molecular weight excluding hydrogens is 378 g/mol. The Morgan fingerprint density at radius 1 is 0.867 bits per heavy atom. The van der Waals surface area contributed by atoms with Gasteiger partial charge in [0.1, 0.15) is 0 Å². The Labute approximate surface area is 182 Å². The zero-order chi connectivity index (χ0) is 21.3. The summed E-state index contributed by atoms with van der Waals surface area (Å²) >= 11 is 0. The third-order valence-electron chi connectivity index (χ3n) is 7.52. The number of benzene rings is 1. The van der Waals surface area contributed by atoms with Crippen molar-refractivity contribution in [1.29, 1.82) is 0 Å². The van der Waals surface area contributed by atoms with E-state index in [2.05, 4.69) is 13.0 Å². The zero-order valence-corrected chi connectivity index (χ0v) is 19.0. The van der Waals surface area contributed by atoms with Crippen LogP contribution < -0.4 is 4.74 Å². The molecule has 0 unspecified atom stereocenters. The highest BCUT2D eigenvalue weighted by Crippen LogP contribution is 2.42. The summed E-state index contributed by atoms with van der Waals surface area (Å²) in [4.78, 5) is 0. The summed E-state index contributed by atoms with van der Waals surface area (Å²) in [5, 5.41) is 0. The molecule has 2 fully saturated rings. The lowest BCUT2D eigenvalue weighted by molar-refractivity contribution is 0.151. The number of rotatable bonds is 9. The molecule has 1 nitrogen and oxygen atoms in total. The number of hydrogen-bond donors (Lipinski definition) is 0. The third kappa shape index (κ3) is 6.31. The fourth-order valence-corrected chi connectivity index (χ4v) is 5.62. The first-order valence-electron chi connectivity index (χ1n) is 12.4. The van der Waals surface area contributed by atoms with E-state index < -0.39 is 11.6 Å². The largest absolute Gasteiger partial charge is 0.491 e. The van der Waals surface area contributed by atoms with Crippen molar-refractivity contribution in [3.05, 3.63) is 35.4 Å². The highest BCUT2D eigenvalue weighted by atomic mass is 19.2. The molecule has 3 heteroatoms. The van der Waals surface area contributed by atoms with Gasteiger partial charge >= 0.3 is 0 Å². The SMILES string of the molecule is CCCCCC1CCC(C2CCC(C=Cc3ccc(OCC)c(F)c3F)CC2)CC1. The van der Waals surface area contributed by atoms with Gasteiger partial charge in [-0.15, -0.1) is 0 Å². The summed E-state index contributed by atoms with van der Waals surface area (Å²) in [5.74, 6) is 1.58. The van der Waals surface area contributed by atoms with E-state index in [1.807, 2.05) is 0 Å². The van der Waals surface area contributed by atoms with Crippen LogP contribution in [0.2, 0.25) is 0 Å². The summed E-state index contributed by atoms with van der Waals surface area (Å²) in [6, 6.07) is 3.14. The standard InChI is InChI=1S/C27H40F2O/c1-3-5-6-7-20-8-13-22(14-9-20)23-15-10-21(11-16-23)12-17-24-18-19-25(30-4-2)27(29)26(24)28/h12,17-23H,3-11,13-16H2,1-2H3. The third-order valence-corrected chi connectivity index (χ3v) is 7.52. The predicted octanol–water partition coefficient (Wildman–Crippen LogP) is 8.57. The van der Waals surface area contributed by atoms with Crippen molar-refractivity contribution in [2.45, 2.75) is 90.9 Å². The van der Waals surface area contributed by atoms with E-state index in [1.54, 1.807) is 19.1 Å². The van der Waals surface area contributed by atoms with Gasteiger partial charge in [0.15, 0.2) is 11.6 Å². The molecule has 30 heavy (non-hydrogen) atoms. The molecule has 2 aliphatic rings. The van der Waals surface area contributed by atoms with Gasteiger partial charge in [0.25, 0.3) is 0 Å². The maximum absolute atomic E-state index is 14.3. The van der Waals surface area contributed by atoms with Gasteiger partial charge in [-0.05, 0) is 81.3 Å². The van der Waals surface area contributed by atoms with E-state index in [9.17, 15) is 8.78 Å². The number of allylic oxidation sites excluding steroid dienone is 1. The first-order valence-corrected chi connectivity index (χ1v) is 12.4. The Bertz CT molecular complexity index is 668. The van der Waals surface area contributed by atoms with Crippen molar-refractivity contribution >= 4 is 6.08 Å². The summed E-state index contributed by atoms with van der Waals surface area (Å²) in [6.45, 7) is 4.38. The van der Waals surface area contributed by atoms with Gasteiger partial charge in [0.2, 0.25) is 5.82 Å². The van der Waals surface area contributed by atoms with Crippen LogP contribution in [0.3, 0.4) is 0 Å². The maximum atomic E-state index is 14.3. The van der Waals surface area contributed by atoms with Gasteiger partial charge in [-0.1, -0.05) is 57.6 Å². The van der Waals surface area contributed by atoms with Crippen molar-refractivity contribution in [2.75, 3.05) is 6.61 Å². The van der Waals surface area contributed by atoms with Crippen molar-refractivity contribution in [3.8, 4) is 5.75 Å². The minimum atomic E-state index is -0.881. The van der Waals surface area contributed by atoms with E-state index in [4.69, 9.17) is 4.74 Å². The Kier molecular flexibility index (Phi) is 9.21. The lowest BCUT2D eigenvalue weighted by Gasteiger charge is -2.37. The summed E-state index contributed by atoms with van der Waals surface area (Å²) in [7, 11) is 0. The van der Waals surface area contributed by atoms with Crippen LogP contribution >= 0.6 is 0 Å². The average molecular weight is 419 g/mol. The van der Waals surface area contributed by atoms with Crippen LogP contribution in [0, 0.1) is 35.3 Å². The van der Waals surface area contributed by atoms with Gasteiger partial charge in [0.05, 0.1) is 6.61 Å². The molecule has 2 saturated carbocycles. The fourth-order valence-electron chi connectivity index (χ4n) is 5.62. The minimum absolute atomic E-state index is 0.00672. The van der Waals surface area contributed by atoms with Gasteiger partial charge in [-0.25, -0.2) is 4.39 Å². The molecule has 0 heterocycles. The Hall–Kier alpha value is -1.38. The normalized spacial score (nSPS) is 27.5. The first-order chi connectivity index (χ1) is 14.6. The van der Waals surface area contributed by atoms with Crippen molar-refractivity contribution in [1.82, 2.24) is 0 Å². The number of unbranched alkanes of at least 4 members (excludes halogenated alkanes) is 2. The van der Waals surface area contributed by atoms with Crippen LogP contribution in [-0.2, 0) is 0 Å². The smallest absolute Gasteiger partial charge is 0.201 e. The van der Waals surface area contributed by atoms with E-state index in [1.165, 1.54) is 83.1 Å². The van der Waals surface area contributed by atoms with Crippen LogP contribution in [0.5, 0.6) is 5.75 Å². The van der Waals surface area contributed by atoms with E-state index in [0.717, 1.165) is 17.8 Å². The maximum Gasteiger partial charge on any atom is 0.201 e. The molecule has 0 aromatic heterocycles. The van der Waals surface area contributed by atoms with E-state index >= 15 is 0 Å². The number of ether oxygens (including phenoxy) is 1. The summed E-state index contributed by atoms with van der Waals surface area (Å²) in [6.07, 6.45) is 20.1. The Balaban J connectivity index is 1.43. The van der Waals surface area contributed by atoms with Crippen LogP contribution in [-0.4, -0.2) is 6.61 Å². The topological polar surface area (TPSA) is 9.23 Å². The summed E-state index contributed by atoms with van der Waals surface area (Å²) < 4.78 is 33.4. The highest BCUT2D eigenvalue weighted by Gasteiger charge is 2.30. The molecule has 3 rings (SSSR count). The van der Waals surface area contributed by atoms with Crippen LogP contribution in [0.4, 0.5) is 8.78 Å². The Morgan fingerprint density at radius 2 is 1.53 bits per heavy atom. The zero-order valence-electron chi connectivity index (χ0n) is 19.0. The molecule has 0 N–H and O–H groups in total. The second-order valence-electron chi connectivity index (χ2n) is 9.52. The van der Waals surface area contributed by atoms with Gasteiger partial charge in [-0.2, -0.15) is 4.39 Å². The van der Waals surface area contributed by atoms with Crippen molar-refractivity contribution in [3.63, 3.8) is 0 Å². The van der Waals surface area contributed by atoms with E-state index in [-0.39, 0.29) is 5.75 Å². The molecule has 168 valence electrons. The second kappa shape index (κ2) is 11.9. The van der Waals surface area contributed by atoms with Gasteiger partial charge in [0, 0.05) is 5.56 Å². The van der Waals surface area contributed by atoms with Crippen molar-refractivity contribution in [2.24, 2.45) is 23.7 Å². The van der Waals surface area contributed by atoms with E-state index in [0.29, 0.717) is 18.1 Å². The summed E-state index contributed by atoms with van der Waals surface area (Å²) in [5.41, 5.74) is 0.319. The lowest BCUT2D eigenvalue weighted by Crippen LogP contribution is -2.25. The van der Waals surface area contributed by atoms with Crippen LogP contribution in [0.25, 0.3) is 6.08 Å². The highest BCUT2D eigenvalue weighted by molar-refractivity contribution is 5.52. The molecule has 0 radical (unpaired) electrons. The molecule has 1 aromatic rings. The van der Waals surface area contributed by atoms with Crippen LogP contribution in [0.1, 0.15) is 96.5 Å². The number of halogens is 2. The predicted molar refractivity (Wildman–Crippen MR) is 122 cm³/mol. The fraction of sp³-hybridized carbons (Fsp3) is 0.704. The van der Waals surface area contributed by atoms with Gasteiger partial charge < -0.3 is 4.74 Å². The minimum Gasteiger partial charge on any atom is -0.491 e. The van der Waals surface area contributed by atoms with Crippen LogP contribution in [0.15, 0.2) is 18.2 Å². The molecule has 0 aliphatic heterocycles. The molecule has 0 saturated heterocycles. The Morgan fingerprint density at radius 3 is 2.17 bits per heavy atom. The second-order valence-corrected chi connectivity index (χ2v) is 9.52.